The lowest BCUT2D eigenvalue weighted by atomic mass is 9.85. The smallest absolute Gasteiger partial charge is 0.0955 e. The average molecular weight is 204 g/mol. The predicted molar refractivity (Wildman–Crippen MR) is 60.7 cm³/mol. The third kappa shape index (κ3) is 2.21. The van der Waals surface area contributed by atoms with Crippen molar-refractivity contribution in [1.29, 1.82) is 0 Å². The van der Waals surface area contributed by atoms with Crippen LogP contribution in [-0.2, 0) is 10.3 Å². The maximum atomic E-state index is 6.00. The summed E-state index contributed by atoms with van der Waals surface area (Å²) in [6, 6.07) is 11.3. The van der Waals surface area contributed by atoms with Crippen LogP contribution in [0, 0.1) is 6.07 Å². The van der Waals surface area contributed by atoms with Gasteiger partial charge in [0, 0.05) is 6.61 Å². The first kappa shape index (κ1) is 10.7. The highest BCUT2D eigenvalue weighted by Crippen LogP contribution is 2.34. The summed E-state index contributed by atoms with van der Waals surface area (Å²) in [7, 11) is 0. The SMILES string of the molecule is CCOC1(c2c[c]ccc2)CCNCC1. The average Bonchev–Trinajstić information content (AvgIpc) is 2.32. The van der Waals surface area contributed by atoms with Crippen molar-refractivity contribution in [3.8, 4) is 0 Å². The first-order valence-electron chi connectivity index (χ1n) is 5.69. The van der Waals surface area contributed by atoms with Gasteiger partial charge in [-0.25, -0.2) is 0 Å². The van der Waals surface area contributed by atoms with Crippen LogP contribution in [0.1, 0.15) is 25.3 Å². The summed E-state index contributed by atoms with van der Waals surface area (Å²) >= 11 is 0. The zero-order chi connectivity index (χ0) is 10.6. The van der Waals surface area contributed by atoms with Gasteiger partial charge in [0.1, 0.15) is 0 Å². The van der Waals surface area contributed by atoms with Crippen LogP contribution in [0.25, 0.3) is 0 Å². The van der Waals surface area contributed by atoms with Gasteiger partial charge in [-0.05, 0) is 50.6 Å². The molecule has 0 aromatic heterocycles. The molecule has 1 fully saturated rings. The number of nitrogens with one attached hydrogen (secondary N) is 1. The largest absolute Gasteiger partial charge is 0.370 e. The molecule has 0 bridgehead atoms. The van der Waals surface area contributed by atoms with Gasteiger partial charge in [0.25, 0.3) is 0 Å². The quantitative estimate of drug-likeness (QED) is 0.814. The predicted octanol–water partition coefficient (Wildman–Crippen LogP) is 2.10. The zero-order valence-corrected chi connectivity index (χ0v) is 9.25. The van der Waals surface area contributed by atoms with Gasteiger partial charge in [0.05, 0.1) is 5.60 Å². The lowest BCUT2D eigenvalue weighted by molar-refractivity contribution is -0.0655. The summed E-state index contributed by atoms with van der Waals surface area (Å²) in [5.41, 5.74) is 1.20. The van der Waals surface area contributed by atoms with E-state index >= 15 is 0 Å². The zero-order valence-electron chi connectivity index (χ0n) is 9.25. The summed E-state index contributed by atoms with van der Waals surface area (Å²) in [6.45, 7) is 4.91. The van der Waals surface area contributed by atoms with Gasteiger partial charge in [-0.3, -0.25) is 0 Å². The molecule has 0 spiro atoms. The topological polar surface area (TPSA) is 21.3 Å². The van der Waals surface area contributed by atoms with Crippen LogP contribution in [0.15, 0.2) is 24.3 Å². The van der Waals surface area contributed by atoms with Gasteiger partial charge in [0.15, 0.2) is 0 Å². The minimum atomic E-state index is -0.0717. The Morgan fingerprint density at radius 3 is 2.87 bits per heavy atom. The Balaban J connectivity index is 2.25. The molecule has 0 unspecified atom stereocenters. The van der Waals surface area contributed by atoms with Gasteiger partial charge in [0.2, 0.25) is 0 Å². The molecule has 1 aromatic carbocycles. The lowest BCUT2D eigenvalue weighted by Gasteiger charge is -2.37. The fourth-order valence-electron chi connectivity index (χ4n) is 2.30. The van der Waals surface area contributed by atoms with E-state index in [1.165, 1.54) is 5.56 Å². The van der Waals surface area contributed by atoms with Crippen molar-refractivity contribution in [3.05, 3.63) is 35.9 Å². The molecule has 2 heteroatoms. The van der Waals surface area contributed by atoms with Crippen LogP contribution in [0.2, 0.25) is 0 Å². The third-order valence-electron chi connectivity index (χ3n) is 3.07. The lowest BCUT2D eigenvalue weighted by Crippen LogP contribution is -2.41. The second-order valence-electron chi connectivity index (χ2n) is 3.97. The van der Waals surface area contributed by atoms with Crippen molar-refractivity contribution in [2.24, 2.45) is 0 Å². The Morgan fingerprint density at radius 2 is 2.27 bits per heavy atom. The first-order chi connectivity index (χ1) is 7.37. The van der Waals surface area contributed by atoms with Crippen molar-refractivity contribution in [1.82, 2.24) is 5.32 Å². The second-order valence-corrected chi connectivity index (χ2v) is 3.97. The van der Waals surface area contributed by atoms with Crippen molar-refractivity contribution >= 4 is 0 Å². The number of benzene rings is 1. The molecule has 0 saturated carbocycles. The monoisotopic (exact) mass is 204 g/mol. The summed E-state index contributed by atoms with van der Waals surface area (Å²) < 4.78 is 6.00. The molecular formula is C13H18NO. The van der Waals surface area contributed by atoms with E-state index < -0.39 is 0 Å². The number of piperidine rings is 1. The van der Waals surface area contributed by atoms with Crippen LogP contribution in [0.5, 0.6) is 0 Å². The van der Waals surface area contributed by atoms with Gasteiger partial charge >= 0.3 is 0 Å². The Kier molecular flexibility index (Phi) is 3.39. The summed E-state index contributed by atoms with van der Waals surface area (Å²) in [5, 5.41) is 3.38. The second kappa shape index (κ2) is 4.77. The molecule has 2 rings (SSSR count). The van der Waals surface area contributed by atoms with Gasteiger partial charge < -0.3 is 10.1 Å². The molecule has 81 valence electrons. The van der Waals surface area contributed by atoms with E-state index in [9.17, 15) is 0 Å². The van der Waals surface area contributed by atoms with E-state index in [2.05, 4.69) is 30.4 Å². The molecule has 0 aliphatic carbocycles. The van der Waals surface area contributed by atoms with Crippen LogP contribution >= 0.6 is 0 Å². The highest BCUT2D eigenvalue weighted by Gasteiger charge is 2.34. The van der Waals surface area contributed by atoms with Gasteiger partial charge in [-0.1, -0.05) is 18.2 Å². The summed E-state index contributed by atoms with van der Waals surface area (Å²) in [4.78, 5) is 0. The number of hydrogen-bond donors (Lipinski definition) is 1. The number of hydrogen-bond acceptors (Lipinski definition) is 2. The van der Waals surface area contributed by atoms with Crippen molar-refractivity contribution < 1.29 is 4.74 Å². The van der Waals surface area contributed by atoms with Crippen LogP contribution in [-0.4, -0.2) is 19.7 Å². The fraction of sp³-hybridized carbons (Fsp3) is 0.538. The molecular weight excluding hydrogens is 186 g/mol. The molecule has 1 saturated heterocycles. The Morgan fingerprint density at radius 1 is 1.47 bits per heavy atom. The highest BCUT2D eigenvalue weighted by molar-refractivity contribution is 5.22. The fourth-order valence-corrected chi connectivity index (χ4v) is 2.30. The van der Waals surface area contributed by atoms with E-state index in [1.807, 2.05) is 12.1 Å². The summed E-state index contributed by atoms with van der Waals surface area (Å²) in [6.07, 6.45) is 2.11. The maximum absolute atomic E-state index is 6.00. The molecule has 15 heavy (non-hydrogen) atoms. The standard InChI is InChI=1S/C13H18NO/c1-2-15-13(8-10-14-11-9-13)12-6-4-3-5-7-12/h3-4,6-7,14H,2,8-11H2,1H3. The third-order valence-corrected chi connectivity index (χ3v) is 3.07. The Bertz CT molecular complexity index is 285. The van der Waals surface area contributed by atoms with Crippen LogP contribution in [0.4, 0.5) is 0 Å². The minimum Gasteiger partial charge on any atom is -0.370 e. The molecule has 1 heterocycles. The number of ether oxygens (including phenoxy) is 1. The molecule has 0 amide bonds. The normalized spacial score (nSPS) is 20.1. The van der Waals surface area contributed by atoms with Crippen molar-refractivity contribution in [2.75, 3.05) is 19.7 Å². The van der Waals surface area contributed by atoms with Gasteiger partial charge in [-0.2, -0.15) is 0 Å². The molecule has 1 aliphatic rings. The van der Waals surface area contributed by atoms with E-state index in [-0.39, 0.29) is 5.60 Å². The van der Waals surface area contributed by atoms with E-state index in [4.69, 9.17) is 4.74 Å². The minimum absolute atomic E-state index is 0.0717. The molecule has 0 atom stereocenters. The Hall–Kier alpha value is -0.860. The van der Waals surface area contributed by atoms with E-state index in [1.54, 1.807) is 0 Å². The van der Waals surface area contributed by atoms with Crippen molar-refractivity contribution in [2.45, 2.75) is 25.4 Å². The maximum Gasteiger partial charge on any atom is 0.0955 e. The molecule has 2 nitrogen and oxygen atoms in total. The molecule has 1 radical (unpaired) electrons. The highest BCUT2D eigenvalue weighted by atomic mass is 16.5. The van der Waals surface area contributed by atoms with E-state index in [0.29, 0.717) is 0 Å². The van der Waals surface area contributed by atoms with Crippen LogP contribution in [0.3, 0.4) is 0 Å². The molecule has 1 N–H and O–H groups in total. The van der Waals surface area contributed by atoms with Gasteiger partial charge in [-0.15, -0.1) is 0 Å². The first-order valence-corrected chi connectivity index (χ1v) is 5.69. The molecule has 1 aliphatic heterocycles. The van der Waals surface area contributed by atoms with Crippen molar-refractivity contribution in [3.63, 3.8) is 0 Å². The number of rotatable bonds is 3. The Labute approximate surface area is 91.6 Å². The summed E-state index contributed by atoms with van der Waals surface area (Å²) in [5.74, 6) is 0. The van der Waals surface area contributed by atoms with E-state index in [0.717, 1.165) is 32.5 Å². The van der Waals surface area contributed by atoms with Crippen LogP contribution < -0.4 is 5.32 Å². The molecule has 1 aromatic rings.